The number of carbonyl (C=O) groups excluding carboxylic acids is 1. The average molecular weight is 354 g/mol. The van der Waals surface area contributed by atoms with Gasteiger partial charge in [-0.3, -0.25) is 14.6 Å². The van der Waals surface area contributed by atoms with Gasteiger partial charge >= 0.3 is 0 Å². The predicted molar refractivity (Wildman–Crippen MR) is 101 cm³/mol. The van der Waals surface area contributed by atoms with Gasteiger partial charge in [0, 0.05) is 52.0 Å². The molecule has 2 heterocycles. The van der Waals surface area contributed by atoms with E-state index in [1.807, 2.05) is 0 Å². The molecule has 1 aromatic carbocycles. The Bertz CT molecular complexity index is 700. The van der Waals surface area contributed by atoms with Crippen LogP contribution in [0, 0.1) is 0 Å². The zero-order valence-electron chi connectivity index (χ0n) is 15.2. The van der Waals surface area contributed by atoms with E-state index in [0.29, 0.717) is 18.0 Å². The summed E-state index contributed by atoms with van der Waals surface area (Å²) in [5.41, 5.74) is 1.83. The molecule has 1 aromatic heterocycles. The summed E-state index contributed by atoms with van der Waals surface area (Å²) in [6.45, 7) is 6.64. The molecule has 0 spiro atoms. The van der Waals surface area contributed by atoms with Crippen molar-refractivity contribution in [1.82, 2.24) is 20.1 Å². The SMILES string of the molecule is COc1ncccc1C(=O)NCCN1CCN(Cc2ccccc2)CC1. The number of pyridine rings is 1. The van der Waals surface area contributed by atoms with Crippen LogP contribution in [0.1, 0.15) is 15.9 Å². The van der Waals surface area contributed by atoms with Crippen molar-refractivity contribution in [2.24, 2.45) is 0 Å². The smallest absolute Gasteiger partial charge is 0.256 e. The third-order valence-corrected chi connectivity index (χ3v) is 4.64. The first-order valence-electron chi connectivity index (χ1n) is 9.02. The van der Waals surface area contributed by atoms with Crippen molar-refractivity contribution < 1.29 is 9.53 Å². The molecule has 0 aliphatic carbocycles. The van der Waals surface area contributed by atoms with Gasteiger partial charge in [0.05, 0.1) is 7.11 Å². The summed E-state index contributed by atoms with van der Waals surface area (Å²) in [5.74, 6) is 0.220. The van der Waals surface area contributed by atoms with Crippen molar-refractivity contribution in [1.29, 1.82) is 0 Å². The Kier molecular flexibility index (Phi) is 6.57. The maximum absolute atomic E-state index is 12.3. The van der Waals surface area contributed by atoms with E-state index in [2.05, 4.69) is 50.4 Å². The first kappa shape index (κ1) is 18.4. The summed E-state index contributed by atoms with van der Waals surface area (Å²) in [7, 11) is 1.52. The minimum Gasteiger partial charge on any atom is -0.480 e. The molecule has 0 saturated carbocycles. The Morgan fingerprint density at radius 3 is 2.54 bits per heavy atom. The number of piperazine rings is 1. The number of hydrogen-bond donors (Lipinski definition) is 1. The monoisotopic (exact) mass is 354 g/mol. The minimum atomic E-state index is -0.141. The second-order valence-electron chi connectivity index (χ2n) is 6.42. The molecular weight excluding hydrogens is 328 g/mol. The molecule has 6 nitrogen and oxygen atoms in total. The van der Waals surface area contributed by atoms with Crippen molar-refractivity contribution >= 4 is 5.91 Å². The fraction of sp³-hybridized carbons (Fsp3) is 0.400. The number of carbonyl (C=O) groups is 1. The van der Waals surface area contributed by atoms with Crippen molar-refractivity contribution in [3.8, 4) is 5.88 Å². The van der Waals surface area contributed by atoms with Crippen molar-refractivity contribution in [3.63, 3.8) is 0 Å². The highest BCUT2D eigenvalue weighted by atomic mass is 16.5. The van der Waals surface area contributed by atoms with Gasteiger partial charge in [-0.15, -0.1) is 0 Å². The zero-order valence-corrected chi connectivity index (χ0v) is 15.2. The first-order valence-corrected chi connectivity index (χ1v) is 9.02. The largest absolute Gasteiger partial charge is 0.480 e. The van der Waals surface area contributed by atoms with E-state index in [1.165, 1.54) is 12.7 Å². The van der Waals surface area contributed by atoms with Crippen molar-refractivity contribution in [2.45, 2.75) is 6.54 Å². The zero-order chi connectivity index (χ0) is 18.2. The number of nitrogens with one attached hydrogen (secondary N) is 1. The van der Waals surface area contributed by atoms with Gasteiger partial charge in [-0.1, -0.05) is 30.3 Å². The molecule has 0 unspecified atom stereocenters. The molecule has 0 atom stereocenters. The third-order valence-electron chi connectivity index (χ3n) is 4.64. The standard InChI is InChI=1S/C20H26N4O2/c1-26-20-18(8-5-9-22-20)19(25)21-10-11-23-12-14-24(15-13-23)16-17-6-3-2-4-7-17/h2-9H,10-16H2,1H3,(H,21,25). The van der Waals surface area contributed by atoms with Crippen LogP contribution in [0.5, 0.6) is 5.88 Å². The maximum Gasteiger partial charge on any atom is 0.256 e. The Labute approximate surface area is 154 Å². The number of nitrogens with zero attached hydrogens (tertiary/aromatic N) is 3. The van der Waals surface area contributed by atoms with E-state index in [0.717, 1.165) is 39.3 Å². The fourth-order valence-corrected chi connectivity index (χ4v) is 3.16. The summed E-state index contributed by atoms with van der Waals surface area (Å²) in [4.78, 5) is 21.2. The lowest BCUT2D eigenvalue weighted by atomic mass is 10.2. The summed E-state index contributed by atoms with van der Waals surface area (Å²) in [6.07, 6.45) is 1.62. The van der Waals surface area contributed by atoms with Crippen LogP contribution < -0.4 is 10.1 Å². The van der Waals surface area contributed by atoms with E-state index in [-0.39, 0.29) is 5.91 Å². The van der Waals surface area contributed by atoms with Gasteiger partial charge in [-0.25, -0.2) is 4.98 Å². The maximum atomic E-state index is 12.3. The van der Waals surface area contributed by atoms with Crippen molar-refractivity contribution in [2.75, 3.05) is 46.4 Å². The number of hydrogen-bond acceptors (Lipinski definition) is 5. The van der Waals surface area contributed by atoms with Gasteiger partial charge in [-0.2, -0.15) is 0 Å². The lowest BCUT2D eigenvalue weighted by Gasteiger charge is -2.34. The van der Waals surface area contributed by atoms with E-state index < -0.39 is 0 Å². The quantitative estimate of drug-likeness (QED) is 0.819. The highest BCUT2D eigenvalue weighted by molar-refractivity contribution is 5.96. The summed E-state index contributed by atoms with van der Waals surface area (Å²) in [5, 5.41) is 2.96. The number of rotatable bonds is 7. The van der Waals surface area contributed by atoms with Crippen LogP contribution in [0.15, 0.2) is 48.7 Å². The van der Waals surface area contributed by atoms with E-state index in [1.54, 1.807) is 18.3 Å². The van der Waals surface area contributed by atoms with E-state index in [4.69, 9.17) is 4.74 Å². The van der Waals surface area contributed by atoms with E-state index in [9.17, 15) is 4.79 Å². The Balaban J connectivity index is 1.38. The van der Waals surface area contributed by atoms with Gasteiger partial charge < -0.3 is 10.1 Å². The third kappa shape index (κ3) is 5.03. The van der Waals surface area contributed by atoms with Crippen molar-refractivity contribution in [3.05, 3.63) is 59.8 Å². The van der Waals surface area contributed by atoms with Gasteiger partial charge in [0.15, 0.2) is 0 Å². The van der Waals surface area contributed by atoms with Crippen LogP contribution in [0.2, 0.25) is 0 Å². The molecule has 1 aliphatic heterocycles. The number of benzene rings is 1. The highest BCUT2D eigenvalue weighted by Crippen LogP contribution is 2.13. The lowest BCUT2D eigenvalue weighted by Crippen LogP contribution is -2.48. The molecule has 26 heavy (non-hydrogen) atoms. The van der Waals surface area contributed by atoms with Crippen LogP contribution in [0.4, 0.5) is 0 Å². The molecule has 1 fully saturated rings. The minimum absolute atomic E-state index is 0.141. The number of amides is 1. The predicted octanol–water partition coefficient (Wildman–Crippen LogP) is 1.64. The topological polar surface area (TPSA) is 57.7 Å². The molecule has 2 aromatic rings. The van der Waals surface area contributed by atoms with Gasteiger partial charge in [-0.05, 0) is 17.7 Å². The molecule has 1 amide bonds. The van der Waals surface area contributed by atoms with Crippen LogP contribution in [0.3, 0.4) is 0 Å². The molecule has 1 aliphatic rings. The second-order valence-corrected chi connectivity index (χ2v) is 6.42. The molecule has 0 radical (unpaired) electrons. The van der Waals surface area contributed by atoms with Crippen LogP contribution >= 0.6 is 0 Å². The second kappa shape index (κ2) is 9.31. The van der Waals surface area contributed by atoms with Gasteiger partial charge in [0.25, 0.3) is 5.91 Å². The lowest BCUT2D eigenvalue weighted by molar-refractivity contribution is 0.0930. The summed E-state index contributed by atoms with van der Waals surface area (Å²) >= 11 is 0. The molecule has 3 rings (SSSR count). The fourth-order valence-electron chi connectivity index (χ4n) is 3.16. The Morgan fingerprint density at radius 1 is 1.08 bits per heavy atom. The number of methoxy groups -OCH3 is 1. The van der Waals surface area contributed by atoms with Crippen LogP contribution in [-0.4, -0.2) is 67.1 Å². The van der Waals surface area contributed by atoms with Gasteiger partial charge in [0.1, 0.15) is 5.56 Å². The number of ether oxygens (including phenoxy) is 1. The van der Waals surface area contributed by atoms with E-state index >= 15 is 0 Å². The highest BCUT2D eigenvalue weighted by Gasteiger charge is 2.17. The molecular formula is C20H26N4O2. The van der Waals surface area contributed by atoms with Crippen LogP contribution in [0.25, 0.3) is 0 Å². The summed E-state index contributed by atoms with van der Waals surface area (Å²) < 4.78 is 5.14. The van der Waals surface area contributed by atoms with Gasteiger partial charge in [0.2, 0.25) is 5.88 Å². The Hall–Kier alpha value is -2.44. The first-order chi connectivity index (χ1) is 12.8. The molecule has 138 valence electrons. The molecule has 1 N–H and O–H groups in total. The molecule has 6 heteroatoms. The summed E-state index contributed by atoms with van der Waals surface area (Å²) in [6, 6.07) is 14.0. The van der Waals surface area contributed by atoms with Crippen LogP contribution in [-0.2, 0) is 6.54 Å². The number of aromatic nitrogens is 1. The average Bonchev–Trinajstić information content (AvgIpc) is 2.70. The molecule has 0 bridgehead atoms. The Morgan fingerprint density at radius 2 is 1.81 bits per heavy atom. The molecule has 1 saturated heterocycles. The normalized spacial score (nSPS) is 15.6.